The second kappa shape index (κ2) is 8.53. The lowest BCUT2D eigenvalue weighted by molar-refractivity contribution is 0.136. The van der Waals surface area contributed by atoms with Crippen molar-refractivity contribution in [1.29, 1.82) is 0 Å². The van der Waals surface area contributed by atoms with Gasteiger partial charge in [0.2, 0.25) is 0 Å². The van der Waals surface area contributed by atoms with Gasteiger partial charge in [0.1, 0.15) is 12.4 Å². The molecule has 0 saturated carbocycles. The van der Waals surface area contributed by atoms with Crippen molar-refractivity contribution in [2.24, 2.45) is 0 Å². The molecule has 1 unspecified atom stereocenters. The number of carbonyl (C=O) groups is 1. The van der Waals surface area contributed by atoms with E-state index < -0.39 is 16.2 Å². The van der Waals surface area contributed by atoms with E-state index in [4.69, 9.17) is 8.92 Å². The van der Waals surface area contributed by atoms with Crippen LogP contribution in [0.25, 0.3) is 0 Å². The molecular formula is C18H21NO5S. The van der Waals surface area contributed by atoms with Gasteiger partial charge in [0.25, 0.3) is 0 Å². The first-order chi connectivity index (χ1) is 11.8. The molecule has 2 aromatic carbocycles. The predicted molar refractivity (Wildman–Crippen MR) is 94.8 cm³/mol. The molecule has 7 heteroatoms. The lowest BCUT2D eigenvalue weighted by Crippen LogP contribution is -2.34. The second-order valence-electron chi connectivity index (χ2n) is 5.74. The zero-order valence-corrected chi connectivity index (χ0v) is 15.0. The lowest BCUT2D eigenvalue weighted by atomic mass is 10.1. The Morgan fingerprint density at radius 2 is 1.68 bits per heavy atom. The number of carbonyl (C=O) groups excluding carboxylic acids is 1. The molecular weight excluding hydrogens is 342 g/mol. The largest absolute Gasteiger partial charge is 0.445 e. The molecule has 0 spiro atoms. The maximum atomic E-state index is 11.8. The van der Waals surface area contributed by atoms with Gasteiger partial charge in [-0.2, -0.15) is 8.42 Å². The highest BCUT2D eigenvalue weighted by Crippen LogP contribution is 2.15. The summed E-state index contributed by atoms with van der Waals surface area (Å²) in [4.78, 5) is 11.8. The summed E-state index contributed by atoms with van der Waals surface area (Å²) < 4.78 is 32.1. The Kier molecular flexibility index (Phi) is 6.41. The predicted octanol–water partition coefficient (Wildman–Crippen LogP) is 2.88. The molecule has 1 amide bonds. The normalized spacial score (nSPS) is 12.2. The molecule has 0 aliphatic heterocycles. The molecule has 134 valence electrons. The first-order valence-electron chi connectivity index (χ1n) is 7.77. The lowest BCUT2D eigenvalue weighted by Gasteiger charge is -2.14. The topological polar surface area (TPSA) is 81.7 Å². The van der Waals surface area contributed by atoms with Gasteiger partial charge < -0.3 is 14.2 Å². The number of benzene rings is 2. The van der Waals surface area contributed by atoms with Crippen LogP contribution in [-0.4, -0.2) is 26.8 Å². The molecule has 0 aromatic heterocycles. The number of rotatable bonds is 7. The van der Waals surface area contributed by atoms with Crippen molar-refractivity contribution < 1.29 is 22.1 Å². The Morgan fingerprint density at radius 1 is 1.04 bits per heavy atom. The Bertz CT molecular complexity index is 788. The van der Waals surface area contributed by atoms with E-state index in [1.807, 2.05) is 37.3 Å². The summed E-state index contributed by atoms with van der Waals surface area (Å²) in [6, 6.07) is 16.0. The fourth-order valence-corrected chi connectivity index (χ4v) is 2.69. The summed E-state index contributed by atoms with van der Waals surface area (Å²) in [6.07, 6.45) is 1.10. The number of amides is 1. The number of hydrogen-bond donors (Lipinski definition) is 1. The van der Waals surface area contributed by atoms with Crippen molar-refractivity contribution in [2.75, 3.05) is 6.26 Å². The number of ether oxygens (including phenoxy) is 1. The molecule has 0 fully saturated rings. The minimum Gasteiger partial charge on any atom is -0.445 e. The Labute approximate surface area is 147 Å². The Hall–Kier alpha value is -2.54. The van der Waals surface area contributed by atoms with Crippen LogP contribution in [0.4, 0.5) is 4.79 Å². The molecule has 0 aliphatic carbocycles. The highest BCUT2D eigenvalue weighted by atomic mass is 32.2. The number of alkyl carbamates (subject to hydrolysis) is 1. The van der Waals surface area contributed by atoms with E-state index in [2.05, 4.69) is 5.32 Å². The summed E-state index contributed by atoms with van der Waals surface area (Å²) in [5.41, 5.74) is 1.86. The molecule has 1 atom stereocenters. The fraction of sp³-hybridized carbons (Fsp3) is 0.278. The average Bonchev–Trinajstić information content (AvgIpc) is 2.54. The second-order valence-corrected chi connectivity index (χ2v) is 7.32. The molecule has 6 nitrogen and oxygen atoms in total. The fourth-order valence-electron chi connectivity index (χ4n) is 2.23. The first kappa shape index (κ1) is 18.8. The molecule has 0 heterocycles. The van der Waals surface area contributed by atoms with Gasteiger partial charge in [-0.25, -0.2) is 4.79 Å². The maximum Gasteiger partial charge on any atom is 0.407 e. The minimum atomic E-state index is -3.53. The molecule has 25 heavy (non-hydrogen) atoms. The van der Waals surface area contributed by atoms with Crippen LogP contribution in [0.5, 0.6) is 5.75 Å². The molecule has 0 radical (unpaired) electrons. The van der Waals surface area contributed by atoms with Crippen LogP contribution in [0.3, 0.4) is 0 Å². The van der Waals surface area contributed by atoms with Crippen molar-refractivity contribution in [3.05, 3.63) is 65.7 Å². The maximum absolute atomic E-state index is 11.8. The molecule has 2 aromatic rings. The average molecular weight is 363 g/mol. The van der Waals surface area contributed by atoms with Crippen molar-refractivity contribution in [2.45, 2.75) is 26.0 Å². The van der Waals surface area contributed by atoms with Crippen LogP contribution >= 0.6 is 0 Å². The molecule has 0 saturated heterocycles. The number of nitrogens with one attached hydrogen (secondary N) is 1. The van der Waals surface area contributed by atoms with E-state index in [1.54, 1.807) is 24.3 Å². The third kappa shape index (κ3) is 7.26. The van der Waals surface area contributed by atoms with Crippen LogP contribution < -0.4 is 9.50 Å². The van der Waals surface area contributed by atoms with Crippen LogP contribution in [0.15, 0.2) is 54.6 Å². The van der Waals surface area contributed by atoms with Gasteiger partial charge in [-0.3, -0.25) is 0 Å². The zero-order valence-electron chi connectivity index (χ0n) is 14.1. The zero-order chi connectivity index (χ0) is 18.3. The monoisotopic (exact) mass is 363 g/mol. The smallest absolute Gasteiger partial charge is 0.407 e. The van der Waals surface area contributed by atoms with Crippen molar-refractivity contribution in [3.8, 4) is 5.75 Å². The molecule has 2 rings (SSSR count). The van der Waals surface area contributed by atoms with E-state index in [9.17, 15) is 13.2 Å². The van der Waals surface area contributed by atoms with E-state index in [0.29, 0.717) is 6.42 Å². The quantitative estimate of drug-likeness (QED) is 0.765. The van der Waals surface area contributed by atoms with Crippen molar-refractivity contribution >= 4 is 16.2 Å². The highest BCUT2D eigenvalue weighted by molar-refractivity contribution is 7.86. The van der Waals surface area contributed by atoms with Gasteiger partial charge in [0.05, 0.1) is 6.26 Å². The molecule has 0 aliphatic rings. The molecule has 1 N–H and O–H groups in total. The summed E-state index contributed by atoms with van der Waals surface area (Å²) >= 11 is 0. The van der Waals surface area contributed by atoms with Crippen LogP contribution in [-0.2, 0) is 27.9 Å². The van der Waals surface area contributed by atoms with Gasteiger partial charge >= 0.3 is 16.2 Å². The summed E-state index contributed by atoms with van der Waals surface area (Å²) in [6.45, 7) is 2.08. The van der Waals surface area contributed by atoms with Gasteiger partial charge in [-0.15, -0.1) is 0 Å². The number of hydrogen-bond acceptors (Lipinski definition) is 5. The van der Waals surface area contributed by atoms with E-state index in [1.165, 1.54) is 0 Å². The van der Waals surface area contributed by atoms with Crippen LogP contribution in [0, 0.1) is 0 Å². The van der Waals surface area contributed by atoms with Gasteiger partial charge in [-0.05, 0) is 36.6 Å². The van der Waals surface area contributed by atoms with Gasteiger partial charge in [0.15, 0.2) is 0 Å². The summed E-state index contributed by atoms with van der Waals surface area (Å²) in [5.74, 6) is 0.258. The summed E-state index contributed by atoms with van der Waals surface area (Å²) in [7, 11) is -3.53. The summed E-state index contributed by atoms with van der Waals surface area (Å²) in [5, 5.41) is 2.76. The van der Waals surface area contributed by atoms with Crippen molar-refractivity contribution in [1.82, 2.24) is 5.32 Å². The van der Waals surface area contributed by atoms with Gasteiger partial charge in [-0.1, -0.05) is 42.5 Å². The Balaban J connectivity index is 1.79. The standard InChI is InChI=1S/C18H21NO5S/c1-14(19-18(20)23-13-16-6-4-3-5-7-16)12-15-8-10-17(11-9-15)24-25(2,21)22/h3-11,14H,12-13H2,1-2H3,(H,19,20). The van der Waals surface area contributed by atoms with Crippen molar-refractivity contribution in [3.63, 3.8) is 0 Å². The Morgan fingerprint density at radius 3 is 2.28 bits per heavy atom. The minimum absolute atomic E-state index is 0.134. The third-order valence-corrected chi connectivity index (χ3v) is 3.79. The van der Waals surface area contributed by atoms with Crippen LogP contribution in [0.1, 0.15) is 18.1 Å². The van der Waals surface area contributed by atoms with E-state index in [0.717, 1.165) is 17.4 Å². The highest BCUT2D eigenvalue weighted by Gasteiger charge is 2.10. The van der Waals surface area contributed by atoms with E-state index in [-0.39, 0.29) is 18.4 Å². The van der Waals surface area contributed by atoms with Crippen LogP contribution in [0.2, 0.25) is 0 Å². The first-order valence-corrected chi connectivity index (χ1v) is 9.59. The van der Waals surface area contributed by atoms with E-state index >= 15 is 0 Å². The molecule has 0 bridgehead atoms. The van der Waals surface area contributed by atoms with Gasteiger partial charge in [0, 0.05) is 6.04 Å². The third-order valence-electron chi connectivity index (χ3n) is 3.29. The SMILES string of the molecule is CC(Cc1ccc(OS(C)(=O)=O)cc1)NC(=O)OCc1ccccc1.